The third-order valence-electron chi connectivity index (χ3n) is 9.37. The number of ether oxygens (including phenoxy) is 1. The van der Waals surface area contributed by atoms with E-state index in [4.69, 9.17) is 27.9 Å². The number of hydrogen-bond acceptors (Lipinski definition) is 6. The molecule has 6 rings (SSSR count). The van der Waals surface area contributed by atoms with Gasteiger partial charge in [0.05, 0.1) is 35.8 Å². The first kappa shape index (κ1) is 32.2. The molecule has 244 valence electrons. The van der Waals surface area contributed by atoms with Crippen molar-refractivity contribution in [2.24, 2.45) is 17.8 Å². The van der Waals surface area contributed by atoms with Crippen LogP contribution >= 0.6 is 23.2 Å². The molecule has 8 nitrogen and oxygen atoms in total. The number of fused-ring (bicyclic) bond motifs is 4. The van der Waals surface area contributed by atoms with E-state index in [9.17, 15) is 50.6 Å². The lowest BCUT2D eigenvalue weighted by molar-refractivity contribution is -0.143. The lowest BCUT2D eigenvalue weighted by atomic mass is 9.56. The Hall–Kier alpha value is -3.78. The number of alkyl halides is 8. The molecule has 3 fully saturated rings. The van der Waals surface area contributed by atoms with E-state index >= 15 is 0 Å². The zero-order chi connectivity index (χ0) is 33.9. The Bertz CT molecular complexity index is 1730. The fraction of sp³-hybridized carbons (Fsp3) is 0.400. The summed E-state index contributed by atoms with van der Waals surface area (Å²) in [5.41, 5.74) is -3.84. The van der Waals surface area contributed by atoms with Crippen LogP contribution in [0.2, 0.25) is 0 Å². The topological polar surface area (TPSA) is 104 Å². The van der Waals surface area contributed by atoms with E-state index < -0.39 is 92.6 Å². The summed E-state index contributed by atoms with van der Waals surface area (Å²) in [6, 6.07) is 4.36. The van der Waals surface area contributed by atoms with Crippen molar-refractivity contribution in [3.63, 3.8) is 0 Å². The number of allylic oxidation sites excluding steroid dienone is 2. The van der Waals surface area contributed by atoms with Gasteiger partial charge in [0.25, 0.3) is 11.8 Å². The molecule has 1 N–H and O–H groups in total. The molecule has 2 aliphatic heterocycles. The van der Waals surface area contributed by atoms with Crippen LogP contribution in [0.4, 0.5) is 32.0 Å². The van der Waals surface area contributed by atoms with Crippen LogP contribution in [0.15, 0.2) is 48.0 Å². The second-order valence-corrected chi connectivity index (χ2v) is 12.9. The van der Waals surface area contributed by atoms with Crippen molar-refractivity contribution in [3.05, 3.63) is 64.7 Å². The van der Waals surface area contributed by atoms with Crippen LogP contribution in [0, 0.1) is 17.8 Å². The van der Waals surface area contributed by atoms with Crippen molar-refractivity contribution in [1.29, 1.82) is 0 Å². The molecule has 0 aromatic heterocycles. The highest BCUT2D eigenvalue weighted by Gasteiger charge is 2.76. The number of carbonyl (C=O) groups is 4. The molecular weight excluding hydrogens is 669 g/mol. The summed E-state index contributed by atoms with van der Waals surface area (Å²) >= 11 is 14.1. The first-order valence-corrected chi connectivity index (χ1v) is 14.5. The molecule has 2 aliphatic carbocycles. The monoisotopic (exact) mass is 690 g/mol. The van der Waals surface area contributed by atoms with Gasteiger partial charge in [0.2, 0.25) is 11.8 Å². The number of imide groups is 2. The zero-order valence-electron chi connectivity index (χ0n) is 23.7. The van der Waals surface area contributed by atoms with Crippen molar-refractivity contribution >= 4 is 52.5 Å². The molecule has 4 amide bonds. The second-order valence-electron chi connectivity index (χ2n) is 11.7. The summed E-state index contributed by atoms with van der Waals surface area (Å²) < 4.78 is 87.3. The van der Waals surface area contributed by atoms with Crippen LogP contribution in [-0.4, -0.2) is 57.5 Å². The Kier molecular flexibility index (Phi) is 7.07. The van der Waals surface area contributed by atoms with E-state index in [0.29, 0.717) is 22.6 Å². The minimum atomic E-state index is -5.24. The Balaban J connectivity index is 1.52. The summed E-state index contributed by atoms with van der Waals surface area (Å²) in [5.74, 6) is -9.07. The van der Waals surface area contributed by atoms with Gasteiger partial charge in [0.15, 0.2) is 9.75 Å². The fourth-order valence-electron chi connectivity index (χ4n) is 7.35. The van der Waals surface area contributed by atoms with Gasteiger partial charge in [0.1, 0.15) is 11.5 Å². The number of halogens is 8. The SMILES string of the molecule is COc1cc(O)ccc1[C@H]1C2=CC[C@@H]3C(=O)N(c4cc(C(F)(F)F)cc(C(F)(F)F)c4)C(=O)[C@@H]3[C@@H]2C[C@@]2(Cl)C(=O)N(C)C(=O)[C@@]12Cl. The van der Waals surface area contributed by atoms with Gasteiger partial charge in [-0.15, -0.1) is 23.2 Å². The number of nitrogens with zero attached hydrogens (tertiary/aromatic N) is 2. The number of benzene rings is 2. The normalized spacial score (nSPS) is 31.1. The maximum atomic E-state index is 14.0. The molecule has 46 heavy (non-hydrogen) atoms. The van der Waals surface area contributed by atoms with Gasteiger partial charge >= 0.3 is 12.4 Å². The lowest BCUT2D eigenvalue weighted by Crippen LogP contribution is -2.60. The molecule has 0 spiro atoms. The molecule has 1 saturated carbocycles. The number of hydrogen-bond donors (Lipinski definition) is 1. The maximum Gasteiger partial charge on any atom is 0.416 e. The summed E-state index contributed by atoms with van der Waals surface area (Å²) in [7, 11) is 2.44. The Labute approximate surface area is 266 Å². The average Bonchev–Trinajstić information content (AvgIpc) is 3.31. The van der Waals surface area contributed by atoms with Crippen LogP contribution < -0.4 is 9.64 Å². The first-order chi connectivity index (χ1) is 21.3. The molecule has 0 bridgehead atoms. The minimum absolute atomic E-state index is 0.0432. The van der Waals surface area contributed by atoms with Crippen LogP contribution in [0.3, 0.4) is 0 Å². The number of anilines is 1. The highest BCUT2D eigenvalue weighted by molar-refractivity contribution is 6.53. The third-order valence-corrected chi connectivity index (χ3v) is 10.8. The number of rotatable bonds is 3. The largest absolute Gasteiger partial charge is 0.508 e. The Morgan fingerprint density at radius 2 is 1.50 bits per heavy atom. The predicted molar refractivity (Wildman–Crippen MR) is 149 cm³/mol. The summed E-state index contributed by atoms with van der Waals surface area (Å²) in [6.45, 7) is 0. The van der Waals surface area contributed by atoms with Crippen LogP contribution in [0.5, 0.6) is 11.5 Å². The highest BCUT2D eigenvalue weighted by Crippen LogP contribution is 2.66. The minimum Gasteiger partial charge on any atom is -0.508 e. The van der Waals surface area contributed by atoms with E-state index in [-0.39, 0.29) is 29.5 Å². The maximum absolute atomic E-state index is 14.0. The van der Waals surface area contributed by atoms with Gasteiger partial charge in [-0.1, -0.05) is 17.7 Å². The quantitative estimate of drug-likeness (QED) is 0.194. The Morgan fingerprint density at radius 1 is 0.891 bits per heavy atom. The van der Waals surface area contributed by atoms with Crippen molar-refractivity contribution in [1.82, 2.24) is 4.90 Å². The molecule has 2 aromatic rings. The molecular formula is C30H22Cl2F6N2O6. The van der Waals surface area contributed by atoms with Gasteiger partial charge in [0, 0.05) is 24.6 Å². The molecule has 2 aromatic carbocycles. The summed E-state index contributed by atoms with van der Waals surface area (Å²) in [4.78, 5) is 51.6. The molecule has 0 unspecified atom stereocenters. The van der Waals surface area contributed by atoms with Gasteiger partial charge in [-0.25, -0.2) is 4.90 Å². The molecule has 6 atom stereocenters. The number of likely N-dealkylation sites (tertiary alicyclic amines) is 1. The third kappa shape index (κ3) is 4.28. The summed E-state index contributed by atoms with van der Waals surface area (Å²) in [5, 5.41) is 10.1. The van der Waals surface area contributed by atoms with Gasteiger partial charge < -0.3 is 9.84 Å². The first-order valence-electron chi connectivity index (χ1n) is 13.7. The van der Waals surface area contributed by atoms with Crippen LogP contribution in [0.1, 0.15) is 35.4 Å². The second kappa shape index (κ2) is 10.1. The Morgan fingerprint density at radius 3 is 2.07 bits per heavy atom. The number of aromatic hydroxyl groups is 1. The van der Waals surface area contributed by atoms with E-state index in [1.807, 2.05) is 0 Å². The van der Waals surface area contributed by atoms with Crippen molar-refractivity contribution in [2.45, 2.75) is 40.9 Å². The fourth-order valence-corrected chi connectivity index (χ4v) is 8.36. The molecule has 4 aliphatic rings. The number of phenolic OH excluding ortho intramolecular Hbond substituents is 1. The van der Waals surface area contributed by atoms with Gasteiger partial charge in [-0.05, 0) is 43.0 Å². The molecule has 16 heteroatoms. The van der Waals surface area contributed by atoms with E-state index in [1.165, 1.54) is 38.4 Å². The molecule has 2 saturated heterocycles. The number of methoxy groups -OCH3 is 1. The molecule has 2 heterocycles. The number of phenols is 1. The van der Waals surface area contributed by atoms with Gasteiger partial charge in [-0.3, -0.25) is 24.1 Å². The van der Waals surface area contributed by atoms with Crippen LogP contribution in [0.25, 0.3) is 0 Å². The standard InChI is InChI=1S/C30H22Cl2F6N2O6/c1-39-25(44)27(31)11-19-16(22(28(27,32)26(39)45)17-4-3-15(41)10-20(17)46-2)5-6-18-21(19)24(43)40(23(18)42)14-8-12(29(33,34)35)7-13(9-14)30(36,37)38/h3-5,7-10,18-19,21-22,41H,6,11H2,1-2H3/t18-,19+,21-,22+,27+,28-/m0/s1. The predicted octanol–water partition coefficient (Wildman–Crippen LogP) is 5.63. The van der Waals surface area contributed by atoms with Gasteiger partial charge in [-0.2, -0.15) is 26.3 Å². The number of amides is 4. The van der Waals surface area contributed by atoms with Crippen molar-refractivity contribution < 1.29 is 55.4 Å². The zero-order valence-corrected chi connectivity index (χ0v) is 25.2. The van der Waals surface area contributed by atoms with E-state index in [0.717, 1.165) is 4.90 Å². The average molecular weight is 691 g/mol. The lowest BCUT2D eigenvalue weighted by Gasteiger charge is -2.51. The van der Waals surface area contributed by atoms with Crippen molar-refractivity contribution in [2.75, 3.05) is 19.1 Å². The van der Waals surface area contributed by atoms with Crippen LogP contribution in [-0.2, 0) is 31.5 Å². The van der Waals surface area contributed by atoms with E-state index in [1.54, 1.807) is 0 Å². The van der Waals surface area contributed by atoms with Crippen molar-refractivity contribution in [3.8, 4) is 11.5 Å². The number of carbonyl (C=O) groups excluding carboxylic acids is 4. The smallest absolute Gasteiger partial charge is 0.416 e. The van der Waals surface area contributed by atoms with E-state index in [2.05, 4.69) is 0 Å². The highest BCUT2D eigenvalue weighted by atomic mass is 35.5. The summed E-state index contributed by atoms with van der Waals surface area (Å²) in [6.07, 6.45) is -9.60. The molecule has 0 radical (unpaired) electrons.